The Hall–Kier alpha value is -2.36. The summed E-state index contributed by atoms with van der Waals surface area (Å²) in [6.07, 6.45) is 1.84. The summed E-state index contributed by atoms with van der Waals surface area (Å²) in [6, 6.07) is 3.47. The smallest absolute Gasteiger partial charge is 0.448 e. The molecular weight excluding hydrogens is 376 g/mol. The van der Waals surface area contributed by atoms with Gasteiger partial charge in [-0.2, -0.15) is 13.2 Å². The number of allylic oxidation sites excluding steroid dienone is 1. The summed E-state index contributed by atoms with van der Waals surface area (Å²) in [6.45, 7) is 2.76. The number of hydrogen-bond acceptors (Lipinski definition) is 5. The topological polar surface area (TPSA) is 109 Å². The van der Waals surface area contributed by atoms with Gasteiger partial charge in [-0.3, -0.25) is 4.57 Å². The van der Waals surface area contributed by atoms with Gasteiger partial charge in [-0.25, -0.2) is 9.97 Å². The highest BCUT2D eigenvalue weighted by Gasteiger charge is 2.33. The van der Waals surface area contributed by atoms with E-state index in [1.165, 1.54) is 4.68 Å². The van der Waals surface area contributed by atoms with E-state index in [9.17, 15) is 17.7 Å². The van der Waals surface area contributed by atoms with Gasteiger partial charge in [0.1, 0.15) is 12.4 Å². The third-order valence-electron chi connectivity index (χ3n) is 2.78. The molecule has 0 bridgehead atoms. The van der Waals surface area contributed by atoms with Crippen LogP contribution in [0.2, 0.25) is 0 Å². The minimum absolute atomic E-state index is 0.167. The molecule has 0 aliphatic rings. The minimum atomic E-state index is -4.41. The summed E-state index contributed by atoms with van der Waals surface area (Å²) in [5.41, 5.74) is 0.753. The van der Waals surface area contributed by atoms with E-state index in [4.69, 9.17) is 9.79 Å². The van der Waals surface area contributed by atoms with Crippen molar-refractivity contribution in [3.05, 3.63) is 49.3 Å². The number of alkyl halides is 3. The van der Waals surface area contributed by atoms with E-state index in [0.717, 1.165) is 12.7 Å². The van der Waals surface area contributed by atoms with E-state index in [1.54, 1.807) is 36.9 Å². The molecular formula is C14H17F3N4O4P+. The van der Waals surface area contributed by atoms with Crippen molar-refractivity contribution in [2.75, 3.05) is 13.3 Å². The Morgan fingerprint density at radius 3 is 2.35 bits per heavy atom. The average molecular weight is 393 g/mol. The first-order valence-corrected chi connectivity index (χ1v) is 8.80. The van der Waals surface area contributed by atoms with Crippen molar-refractivity contribution in [2.24, 2.45) is 0 Å². The van der Waals surface area contributed by atoms with Crippen LogP contribution in [0.1, 0.15) is 0 Å². The number of halogens is 3. The molecule has 8 nitrogen and oxygen atoms in total. The van der Waals surface area contributed by atoms with Crippen LogP contribution >= 0.6 is 7.60 Å². The van der Waals surface area contributed by atoms with Crippen LogP contribution < -0.4 is 4.68 Å². The first-order chi connectivity index (χ1) is 12.0. The van der Waals surface area contributed by atoms with Gasteiger partial charge >= 0.3 is 13.8 Å². The van der Waals surface area contributed by atoms with Gasteiger partial charge in [0.15, 0.2) is 24.3 Å². The zero-order valence-electron chi connectivity index (χ0n) is 13.7. The van der Waals surface area contributed by atoms with E-state index in [-0.39, 0.29) is 12.7 Å². The molecule has 2 aromatic rings. The Labute approximate surface area is 147 Å². The number of aryl methyl sites for hydroxylation is 1. The second kappa shape index (κ2) is 9.37. The highest BCUT2D eigenvalue weighted by atomic mass is 31.2. The molecule has 0 radical (unpaired) electrons. The molecule has 2 aromatic heterocycles. The molecule has 0 spiro atoms. The van der Waals surface area contributed by atoms with Gasteiger partial charge < -0.3 is 14.5 Å². The molecule has 12 heteroatoms. The van der Waals surface area contributed by atoms with Gasteiger partial charge in [0.2, 0.25) is 0 Å². The second-order valence-electron chi connectivity index (χ2n) is 4.76. The Morgan fingerprint density at radius 1 is 1.35 bits per heavy atom. The van der Waals surface area contributed by atoms with E-state index >= 15 is 0 Å². The first-order valence-electron chi connectivity index (χ1n) is 7.01. The molecule has 142 valence electrons. The van der Waals surface area contributed by atoms with Crippen LogP contribution in [0, 0.1) is 0 Å². The second-order valence-corrected chi connectivity index (χ2v) is 6.54. The number of nitrogens with zero attached hydrogens (tertiary/aromatic N) is 4. The quantitative estimate of drug-likeness (QED) is 0.452. The van der Waals surface area contributed by atoms with Crippen molar-refractivity contribution < 1.29 is 36.9 Å². The van der Waals surface area contributed by atoms with Gasteiger partial charge in [0.25, 0.3) is 0 Å². The molecule has 2 heterocycles. The minimum Gasteiger partial charge on any atom is -0.493 e. The van der Waals surface area contributed by atoms with Crippen LogP contribution in [-0.4, -0.2) is 44.3 Å². The van der Waals surface area contributed by atoms with Gasteiger partial charge in [-0.1, -0.05) is 11.3 Å². The molecule has 0 saturated carbocycles. The molecule has 2 N–H and O–H groups in total. The van der Waals surface area contributed by atoms with Crippen molar-refractivity contribution in [3.63, 3.8) is 0 Å². The van der Waals surface area contributed by atoms with Crippen molar-refractivity contribution in [2.45, 2.75) is 12.7 Å². The van der Waals surface area contributed by atoms with Crippen molar-refractivity contribution in [3.8, 4) is 11.4 Å². The van der Waals surface area contributed by atoms with Crippen LogP contribution in [0.5, 0.6) is 0 Å². The highest BCUT2D eigenvalue weighted by Crippen LogP contribution is 2.33. The summed E-state index contributed by atoms with van der Waals surface area (Å²) in [4.78, 5) is 25.7. The average Bonchev–Trinajstić information content (AvgIpc) is 2.59. The molecule has 0 amide bonds. The van der Waals surface area contributed by atoms with Crippen molar-refractivity contribution in [1.82, 2.24) is 15.1 Å². The molecule has 0 atom stereocenters. The standard InChI is InChI=1S/C10H11N4O3P.C4H5F3O/c15-18(16,17)7-6-14-5-2-9(8-13-14)10-11-3-1-4-12-10;1-3(8-2)4(5,6)7/h1-5,8H,6-7H2,(H-,15,16,17);1H2,2H3/p+1. The van der Waals surface area contributed by atoms with Crippen molar-refractivity contribution >= 4 is 7.60 Å². The van der Waals surface area contributed by atoms with Crippen LogP contribution in [0.25, 0.3) is 11.4 Å². The number of ether oxygens (including phenoxy) is 1. The molecule has 0 aliphatic carbocycles. The Balaban J connectivity index is 0.000000359. The van der Waals surface area contributed by atoms with Gasteiger partial charge in [-0.15, -0.1) is 0 Å². The molecule has 2 rings (SSSR count). The normalized spacial score (nSPS) is 11.3. The first kappa shape index (κ1) is 21.7. The summed E-state index contributed by atoms with van der Waals surface area (Å²) >= 11 is 0. The third-order valence-corrected chi connectivity index (χ3v) is 3.56. The van der Waals surface area contributed by atoms with Crippen LogP contribution in [-0.2, 0) is 15.8 Å². The maximum atomic E-state index is 11.2. The maximum absolute atomic E-state index is 11.2. The maximum Gasteiger partial charge on any atom is 0.448 e. The summed E-state index contributed by atoms with van der Waals surface area (Å²) < 4.78 is 49.7. The van der Waals surface area contributed by atoms with Gasteiger partial charge in [-0.05, 0) is 11.2 Å². The molecule has 0 aliphatic heterocycles. The molecule has 26 heavy (non-hydrogen) atoms. The molecule has 0 fully saturated rings. The van der Waals surface area contributed by atoms with Crippen molar-refractivity contribution in [1.29, 1.82) is 0 Å². The fourth-order valence-corrected chi connectivity index (χ4v) is 1.91. The lowest BCUT2D eigenvalue weighted by Crippen LogP contribution is -2.38. The Bertz CT molecular complexity index is 751. The third kappa shape index (κ3) is 8.15. The van der Waals surface area contributed by atoms with E-state index < -0.39 is 19.5 Å². The van der Waals surface area contributed by atoms with Gasteiger partial charge in [0.05, 0.1) is 7.11 Å². The largest absolute Gasteiger partial charge is 0.493 e. The number of rotatable bonds is 5. The van der Waals surface area contributed by atoms with Crippen LogP contribution in [0.4, 0.5) is 13.2 Å². The lowest BCUT2D eigenvalue weighted by atomic mass is 10.3. The predicted molar refractivity (Wildman–Crippen MR) is 84.6 cm³/mol. The summed E-state index contributed by atoms with van der Waals surface area (Å²) in [5, 5.41) is 4.05. The van der Waals surface area contributed by atoms with Crippen LogP contribution in [0.15, 0.2) is 49.3 Å². The van der Waals surface area contributed by atoms with Crippen LogP contribution in [0.3, 0.4) is 0 Å². The van der Waals surface area contributed by atoms with E-state index in [0.29, 0.717) is 5.82 Å². The molecule has 0 aromatic carbocycles. The molecule has 0 saturated heterocycles. The number of methoxy groups -OCH3 is 1. The number of aromatic nitrogens is 4. The van der Waals surface area contributed by atoms with Gasteiger partial charge in [0, 0.05) is 24.0 Å². The number of hydrogen-bond donors (Lipinski definition) is 2. The molecule has 0 unspecified atom stereocenters. The zero-order chi connectivity index (χ0) is 19.8. The Kier molecular flexibility index (Phi) is 7.81. The fourth-order valence-electron chi connectivity index (χ4n) is 1.45. The summed E-state index contributed by atoms with van der Waals surface area (Å²) in [5.74, 6) is -0.607. The fraction of sp³-hybridized carbons (Fsp3) is 0.286. The predicted octanol–water partition coefficient (Wildman–Crippen LogP) is 1.71. The Morgan fingerprint density at radius 2 is 1.96 bits per heavy atom. The van der Waals surface area contributed by atoms with E-state index in [1.807, 2.05) is 0 Å². The van der Waals surface area contributed by atoms with E-state index in [2.05, 4.69) is 26.4 Å². The summed E-state index contributed by atoms with van der Waals surface area (Å²) in [7, 11) is -3.06. The highest BCUT2D eigenvalue weighted by molar-refractivity contribution is 7.51. The SMILES string of the molecule is C=C(OC)C(F)(F)F.O=P(O)(O)CC[n+]1ccc(-c2ncccn2)cn1. The lowest BCUT2D eigenvalue weighted by Gasteiger charge is -2.06. The zero-order valence-corrected chi connectivity index (χ0v) is 14.6. The monoisotopic (exact) mass is 393 g/mol. The lowest BCUT2D eigenvalue weighted by molar-refractivity contribution is -0.750.